The Balaban J connectivity index is 2.20. The van der Waals surface area contributed by atoms with Crippen molar-refractivity contribution in [2.24, 2.45) is 0 Å². The quantitative estimate of drug-likeness (QED) is 0.654. The van der Waals surface area contributed by atoms with Crippen LogP contribution in [0.4, 0.5) is 4.39 Å². The maximum atomic E-state index is 14.0. The molecule has 1 nitrogen and oxygen atoms in total. The van der Waals surface area contributed by atoms with Gasteiger partial charge < -0.3 is 5.32 Å². The smallest absolute Gasteiger partial charge is 0.131 e. The number of fused-ring (bicyclic) bond motifs is 1. The predicted molar refractivity (Wildman–Crippen MR) is 91.6 cm³/mol. The Morgan fingerprint density at radius 1 is 1.14 bits per heavy atom. The summed E-state index contributed by atoms with van der Waals surface area (Å²) >= 11 is 5.32. The average molecular weight is 364 g/mol. The van der Waals surface area contributed by atoms with Crippen LogP contribution < -0.4 is 5.32 Å². The van der Waals surface area contributed by atoms with Crippen LogP contribution in [0.1, 0.15) is 21.4 Å². The average Bonchev–Trinajstić information content (AvgIpc) is 2.82. The van der Waals surface area contributed by atoms with Crippen molar-refractivity contribution >= 4 is 38.0 Å². The topological polar surface area (TPSA) is 12.0 Å². The Kier molecular flexibility index (Phi) is 4.11. The van der Waals surface area contributed by atoms with Gasteiger partial charge in [-0.15, -0.1) is 11.3 Å². The molecule has 1 unspecified atom stereocenters. The summed E-state index contributed by atoms with van der Waals surface area (Å²) in [5.74, 6) is -0.173. The first-order valence-corrected chi connectivity index (χ1v) is 8.33. The van der Waals surface area contributed by atoms with Crippen molar-refractivity contribution in [2.75, 3.05) is 7.05 Å². The zero-order valence-corrected chi connectivity index (χ0v) is 14.2. The largest absolute Gasteiger partial charge is 0.309 e. The fourth-order valence-corrected chi connectivity index (χ4v) is 4.30. The van der Waals surface area contributed by atoms with E-state index in [1.807, 2.05) is 37.4 Å². The van der Waals surface area contributed by atoms with Gasteiger partial charge in [-0.2, -0.15) is 0 Å². The van der Waals surface area contributed by atoms with E-state index in [0.717, 1.165) is 15.4 Å². The molecule has 0 spiro atoms. The van der Waals surface area contributed by atoms with Gasteiger partial charge in [0.1, 0.15) is 5.82 Å². The molecule has 1 aromatic heterocycles. The number of rotatable bonds is 3. The van der Waals surface area contributed by atoms with Gasteiger partial charge in [-0.25, -0.2) is 4.39 Å². The highest BCUT2D eigenvalue weighted by Gasteiger charge is 2.18. The van der Waals surface area contributed by atoms with Crippen LogP contribution in [0.5, 0.6) is 0 Å². The minimum Gasteiger partial charge on any atom is -0.309 e. The molecule has 0 bridgehead atoms. The highest BCUT2D eigenvalue weighted by atomic mass is 79.9. The van der Waals surface area contributed by atoms with Crippen molar-refractivity contribution < 1.29 is 4.39 Å². The number of aryl methyl sites for hydroxylation is 1. The molecule has 108 valence electrons. The van der Waals surface area contributed by atoms with E-state index in [0.29, 0.717) is 5.39 Å². The Morgan fingerprint density at radius 3 is 2.48 bits per heavy atom. The molecular formula is C17H15BrFNS. The molecule has 0 fully saturated rings. The number of halogens is 2. The third kappa shape index (κ3) is 2.63. The fourth-order valence-electron chi connectivity index (χ4n) is 2.61. The molecule has 1 atom stereocenters. The summed E-state index contributed by atoms with van der Waals surface area (Å²) in [7, 11) is 1.94. The maximum Gasteiger partial charge on any atom is 0.131 e. The molecule has 3 rings (SSSR count). The van der Waals surface area contributed by atoms with Gasteiger partial charge in [0.25, 0.3) is 0 Å². The van der Waals surface area contributed by atoms with Gasteiger partial charge in [-0.1, -0.05) is 30.3 Å². The summed E-state index contributed by atoms with van der Waals surface area (Å²) in [6, 6.07) is 13.3. The molecule has 0 aliphatic rings. The fraction of sp³-hybridized carbons (Fsp3) is 0.176. The lowest BCUT2D eigenvalue weighted by Gasteiger charge is -2.17. The monoisotopic (exact) mass is 363 g/mol. The lowest BCUT2D eigenvalue weighted by molar-refractivity contribution is 0.637. The molecule has 0 amide bonds. The number of benzene rings is 2. The number of thiophene rings is 1. The Bertz CT molecular complexity index is 777. The standard InChI is InChI=1S/C17H15BrFNS/c1-10-14(18)9-16(21-10)17(20-2)13-7-8-15(19)12-6-4-3-5-11(12)13/h3-9,17,20H,1-2H3. The second kappa shape index (κ2) is 5.87. The van der Waals surface area contributed by atoms with E-state index in [1.54, 1.807) is 17.4 Å². The Hall–Kier alpha value is -1.23. The molecule has 4 heteroatoms. The van der Waals surface area contributed by atoms with E-state index in [-0.39, 0.29) is 11.9 Å². The summed E-state index contributed by atoms with van der Waals surface area (Å²) in [6.07, 6.45) is 0. The normalized spacial score (nSPS) is 12.8. The van der Waals surface area contributed by atoms with Crippen LogP contribution in [0.15, 0.2) is 46.9 Å². The molecule has 0 radical (unpaired) electrons. The van der Waals surface area contributed by atoms with Crippen molar-refractivity contribution in [2.45, 2.75) is 13.0 Å². The van der Waals surface area contributed by atoms with E-state index >= 15 is 0 Å². The van der Waals surface area contributed by atoms with Crippen LogP contribution in [0.25, 0.3) is 10.8 Å². The van der Waals surface area contributed by atoms with Crippen molar-refractivity contribution in [1.82, 2.24) is 5.32 Å². The van der Waals surface area contributed by atoms with E-state index in [4.69, 9.17) is 0 Å². The van der Waals surface area contributed by atoms with Gasteiger partial charge in [0.05, 0.1) is 6.04 Å². The Labute approximate surface area is 135 Å². The SMILES string of the molecule is CNC(c1cc(Br)c(C)s1)c1ccc(F)c2ccccc12. The molecule has 2 aromatic carbocycles. The van der Waals surface area contributed by atoms with Gasteiger partial charge in [0, 0.05) is 19.6 Å². The van der Waals surface area contributed by atoms with Crippen LogP contribution in [0, 0.1) is 12.7 Å². The molecule has 0 aliphatic carbocycles. The first kappa shape index (κ1) is 14.7. The minimum atomic E-state index is -0.173. The van der Waals surface area contributed by atoms with Gasteiger partial charge in [-0.3, -0.25) is 0 Å². The van der Waals surface area contributed by atoms with Gasteiger partial charge in [0.2, 0.25) is 0 Å². The second-order valence-electron chi connectivity index (χ2n) is 4.96. The van der Waals surface area contributed by atoms with Crippen molar-refractivity contribution in [3.05, 3.63) is 68.1 Å². The molecule has 1 N–H and O–H groups in total. The first-order valence-electron chi connectivity index (χ1n) is 6.72. The summed E-state index contributed by atoms with van der Waals surface area (Å²) in [5.41, 5.74) is 1.10. The predicted octanol–water partition coefficient (Wildman–Crippen LogP) is 5.42. The molecule has 0 saturated carbocycles. The molecule has 21 heavy (non-hydrogen) atoms. The summed E-state index contributed by atoms with van der Waals surface area (Å²) < 4.78 is 15.1. The zero-order chi connectivity index (χ0) is 15.0. The lowest BCUT2D eigenvalue weighted by Crippen LogP contribution is -2.17. The highest BCUT2D eigenvalue weighted by molar-refractivity contribution is 9.10. The lowest BCUT2D eigenvalue weighted by atomic mass is 9.97. The molecule has 3 aromatic rings. The van der Waals surface area contributed by atoms with Crippen LogP contribution in [-0.2, 0) is 0 Å². The van der Waals surface area contributed by atoms with Crippen molar-refractivity contribution in [3.8, 4) is 0 Å². The van der Waals surface area contributed by atoms with Crippen LogP contribution in [0.3, 0.4) is 0 Å². The van der Waals surface area contributed by atoms with Crippen molar-refractivity contribution in [1.29, 1.82) is 0 Å². The van der Waals surface area contributed by atoms with Crippen LogP contribution in [-0.4, -0.2) is 7.05 Å². The molecule has 1 heterocycles. The van der Waals surface area contributed by atoms with E-state index in [2.05, 4.69) is 34.2 Å². The van der Waals surface area contributed by atoms with E-state index in [9.17, 15) is 4.39 Å². The number of hydrogen-bond donors (Lipinski definition) is 1. The van der Waals surface area contributed by atoms with E-state index in [1.165, 1.54) is 9.75 Å². The van der Waals surface area contributed by atoms with Gasteiger partial charge >= 0.3 is 0 Å². The van der Waals surface area contributed by atoms with Crippen LogP contribution >= 0.6 is 27.3 Å². The highest BCUT2D eigenvalue weighted by Crippen LogP contribution is 2.36. The third-order valence-corrected chi connectivity index (χ3v) is 5.87. The third-order valence-electron chi connectivity index (χ3n) is 3.67. The number of hydrogen-bond acceptors (Lipinski definition) is 2. The van der Waals surface area contributed by atoms with Gasteiger partial charge in [0.15, 0.2) is 0 Å². The van der Waals surface area contributed by atoms with E-state index < -0.39 is 0 Å². The first-order chi connectivity index (χ1) is 10.1. The van der Waals surface area contributed by atoms with Crippen LogP contribution in [0.2, 0.25) is 0 Å². The zero-order valence-electron chi connectivity index (χ0n) is 11.8. The Morgan fingerprint density at radius 2 is 1.86 bits per heavy atom. The number of nitrogens with one attached hydrogen (secondary N) is 1. The summed E-state index contributed by atoms with van der Waals surface area (Å²) in [6.45, 7) is 2.09. The summed E-state index contributed by atoms with van der Waals surface area (Å²) in [4.78, 5) is 2.47. The molecule has 0 aliphatic heterocycles. The van der Waals surface area contributed by atoms with Crippen molar-refractivity contribution in [3.63, 3.8) is 0 Å². The van der Waals surface area contributed by atoms with Gasteiger partial charge in [-0.05, 0) is 53.0 Å². The molecule has 0 saturated heterocycles. The maximum absolute atomic E-state index is 14.0. The molecular weight excluding hydrogens is 349 g/mol. The second-order valence-corrected chi connectivity index (χ2v) is 7.10. The minimum absolute atomic E-state index is 0.0606. The summed E-state index contributed by atoms with van der Waals surface area (Å²) in [5, 5.41) is 4.98.